The van der Waals surface area contributed by atoms with Crippen molar-refractivity contribution in [3.05, 3.63) is 52.0 Å². The fraction of sp³-hybridized carbons (Fsp3) is 0.200. The zero-order chi connectivity index (χ0) is 14.1. The Morgan fingerprint density at radius 3 is 2.50 bits per heavy atom. The van der Waals surface area contributed by atoms with Crippen LogP contribution in [0.2, 0.25) is 10.0 Å². The summed E-state index contributed by atoms with van der Waals surface area (Å²) in [6.45, 7) is 2.26. The summed E-state index contributed by atoms with van der Waals surface area (Å²) in [5.74, 6) is 1.37. The molecular weight excluding hydrogens is 297 g/mol. The third-order valence-corrected chi connectivity index (χ3v) is 3.86. The molecule has 3 nitrogen and oxygen atoms in total. The fourth-order valence-electron chi connectivity index (χ4n) is 2.17. The number of hydrogen-bond donors (Lipinski definition) is 1. The minimum absolute atomic E-state index is 0.0292. The number of fused-ring (bicyclic) bond motifs is 1. The summed E-state index contributed by atoms with van der Waals surface area (Å²) < 4.78 is 10.6. The van der Waals surface area contributed by atoms with Crippen molar-refractivity contribution in [3.8, 4) is 11.5 Å². The quantitative estimate of drug-likeness (QED) is 0.875. The average molecular weight is 310 g/mol. The summed E-state index contributed by atoms with van der Waals surface area (Å²) in [5, 5.41) is 4.66. The van der Waals surface area contributed by atoms with E-state index in [4.69, 9.17) is 32.7 Å². The predicted molar refractivity (Wildman–Crippen MR) is 81.1 cm³/mol. The highest BCUT2D eigenvalue weighted by atomic mass is 35.5. The molecule has 0 aromatic heterocycles. The Morgan fingerprint density at radius 2 is 1.75 bits per heavy atom. The van der Waals surface area contributed by atoms with Crippen LogP contribution in [-0.4, -0.2) is 6.79 Å². The van der Waals surface area contributed by atoms with Gasteiger partial charge in [0.25, 0.3) is 0 Å². The molecule has 0 aliphatic carbocycles. The van der Waals surface area contributed by atoms with Crippen molar-refractivity contribution in [1.29, 1.82) is 0 Å². The van der Waals surface area contributed by atoms with E-state index in [0.717, 1.165) is 16.3 Å². The number of nitrogens with one attached hydrogen (secondary N) is 1. The van der Waals surface area contributed by atoms with E-state index in [-0.39, 0.29) is 12.8 Å². The predicted octanol–water partition coefficient (Wildman–Crippen LogP) is 4.90. The maximum Gasteiger partial charge on any atom is 0.231 e. The van der Waals surface area contributed by atoms with Crippen LogP contribution in [0.25, 0.3) is 0 Å². The smallest absolute Gasteiger partial charge is 0.231 e. The van der Waals surface area contributed by atoms with Crippen molar-refractivity contribution >= 4 is 28.9 Å². The Balaban J connectivity index is 1.86. The SMILES string of the molecule is CC(Nc1cc2c(cc1Cl)OCO2)c1ccccc1Cl. The zero-order valence-corrected chi connectivity index (χ0v) is 12.3. The molecule has 0 radical (unpaired) electrons. The van der Waals surface area contributed by atoms with Gasteiger partial charge in [-0.25, -0.2) is 0 Å². The van der Waals surface area contributed by atoms with Crippen LogP contribution in [0.4, 0.5) is 5.69 Å². The average Bonchev–Trinajstić information content (AvgIpc) is 2.86. The lowest BCUT2D eigenvalue weighted by Crippen LogP contribution is -2.07. The lowest BCUT2D eigenvalue weighted by molar-refractivity contribution is 0.174. The normalized spacial score (nSPS) is 14.2. The first kappa shape index (κ1) is 13.4. The van der Waals surface area contributed by atoms with Crippen LogP contribution in [0.1, 0.15) is 18.5 Å². The van der Waals surface area contributed by atoms with E-state index in [0.29, 0.717) is 16.5 Å². The van der Waals surface area contributed by atoms with Gasteiger partial charge < -0.3 is 14.8 Å². The van der Waals surface area contributed by atoms with Crippen molar-refractivity contribution in [3.63, 3.8) is 0 Å². The standard InChI is InChI=1S/C15H13Cl2NO2/c1-9(10-4-2-3-5-11(10)16)18-13-7-15-14(6-12(13)17)19-8-20-15/h2-7,9,18H,8H2,1H3. The van der Waals surface area contributed by atoms with Crippen molar-refractivity contribution in [2.45, 2.75) is 13.0 Å². The van der Waals surface area contributed by atoms with Crippen LogP contribution in [0.5, 0.6) is 11.5 Å². The molecule has 1 aliphatic rings. The van der Waals surface area contributed by atoms with Gasteiger partial charge in [-0.15, -0.1) is 0 Å². The highest BCUT2D eigenvalue weighted by molar-refractivity contribution is 6.33. The molecule has 104 valence electrons. The third kappa shape index (κ3) is 2.51. The van der Waals surface area contributed by atoms with Gasteiger partial charge in [-0.05, 0) is 18.6 Å². The second kappa shape index (κ2) is 5.43. The minimum atomic E-state index is 0.0292. The molecular formula is C15H13Cl2NO2. The van der Waals surface area contributed by atoms with Gasteiger partial charge in [0.15, 0.2) is 11.5 Å². The van der Waals surface area contributed by atoms with Crippen LogP contribution < -0.4 is 14.8 Å². The van der Waals surface area contributed by atoms with E-state index in [1.54, 1.807) is 6.07 Å². The zero-order valence-electron chi connectivity index (χ0n) is 10.8. The molecule has 0 saturated carbocycles. The first-order valence-corrected chi connectivity index (χ1v) is 7.01. The highest BCUT2D eigenvalue weighted by Crippen LogP contribution is 2.40. The highest BCUT2D eigenvalue weighted by Gasteiger charge is 2.18. The van der Waals surface area contributed by atoms with Gasteiger partial charge in [0.1, 0.15) is 0 Å². The first-order valence-electron chi connectivity index (χ1n) is 6.25. The summed E-state index contributed by atoms with van der Waals surface area (Å²) in [7, 11) is 0. The van der Waals surface area contributed by atoms with Crippen molar-refractivity contribution in [2.75, 3.05) is 12.1 Å². The molecule has 0 saturated heterocycles. The summed E-state index contributed by atoms with van der Waals surface area (Å²) in [6.07, 6.45) is 0. The number of anilines is 1. The Bertz CT molecular complexity index is 646. The van der Waals surface area contributed by atoms with E-state index in [2.05, 4.69) is 5.32 Å². The molecule has 0 spiro atoms. The van der Waals surface area contributed by atoms with Crippen molar-refractivity contribution in [2.24, 2.45) is 0 Å². The molecule has 5 heteroatoms. The van der Waals surface area contributed by atoms with Gasteiger partial charge in [-0.1, -0.05) is 41.4 Å². The van der Waals surface area contributed by atoms with Gasteiger partial charge in [0.2, 0.25) is 6.79 Å². The third-order valence-electron chi connectivity index (χ3n) is 3.21. The molecule has 2 aromatic rings. The van der Waals surface area contributed by atoms with Crippen LogP contribution in [-0.2, 0) is 0 Å². The molecule has 1 aliphatic heterocycles. The Kier molecular flexibility index (Phi) is 3.64. The van der Waals surface area contributed by atoms with E-state index >= 15 is 0 Å². The topological polar surface area (TPSA) is 30.5 Å². The summed E-state index contributed by atoms with van der Waals surface area (Å²) in [4.78, 5) is 0. The van der Waals surface area contributed by atoms with E-state index < -0.39 is 0 Å². The Morgan fingerprint density at radius 1 is 1.05 bits per heavy atom. The number of benzene rings is 2. The number of ether oxygens (including phenoxy) is 2. The molecule has 0 bridgehead atoms. The van der Waals surface area contributed by atoms with Crippen molar-refractivity contribution in [1.82, 2.24) is 0 Å². The molecule has 1 N–H and O–H groups in total. The van der Waals surface area contributed by atoms with E-state index in [1.165, 1.54) is 0 Å². The van der Waals surface area contributed by atoms with Crippen LogP contribution in [0, 0.1) is 0 Å². The largest absolute Gasteiger partial charge is 0.454 e. The lowest BCUT2D eigenvalue weighted by atomic mass is 10.1. The van der Waals surface area contributed by atoms with Gasteiger partial charge in [0, 0.05) is 17.2 Å². The molecule has 0 fully saturated rings. The van der Waals surface area contributed by atoms with Crippen molar-refractivity contribution < 1.29 is 9.47 Å². The molecule has 1 atom stereocenters. The lowest BCUT2D eigenvalue weighted by Gasteiger charge is -2.18. The van der Waals surface area contributed by atoms with E-state index in [1.807, 2.05) is 37.3 Å². The van der Waals surface area contributed by atoms with Crippen LogP contribution >= 0.6 is 23.2 Å². The van der Waals surface area contributed by atoms with E-state index in [9.17, 15) is 0 Å². The molecule has 2 aromatic carbocycles. The number of halogens is 2. The maximum atomic E-state index is 6.25. The van der Waals surface area contributed by atoms with Gasteiger partial charge in [-0.3, -0.25) is 0 Å². The molecule has 20 heavy (non-hydrogen) atoms. The number of hydrogen-bond acceptors (Lipinski definition) is 3. The summed E-state index contributed by atoms with van der Waals surface area (Å²) in [5.41, 5.74) is 1.81. The van der Waals surface area contributed by atoms with Crippen LogP contribution in [0.3, 0.4) is 0 Å². The fourth-order valence-corrected chi connectivity index (χ4v) is 2.67. The molecule has 1 heterocycles. The molecule has 0 amide bonds. The second-order valence-electron chi connectivity index (χ2n) is 4.57. The first-order chi connectivity index (χ1) is 9.65. The summed E-state index contributed by atoms with van der Waals surface area (Å²) in [6, 6.07) is 11.4. The van der Waals surface area contributed by atoms with Gasteiger partial charge in [-0.2, -0.15) is 0 Å². The van der Waals surface area contributed by atoms with Crippen LogP contribution in [0.15, 0.2) is 36.4 Å². The Hall–Kier alpha value is -1.58. The number of rotatable bonds is 3. The second-order valence-corrected chi connectivity index (χ2v) is 5.39. The van der Waals surface area contributed by atoms with Gasteiger partial charge >= 0.3 is 0 Å². The minimum Gasteiger partial charge on any atom is -0.454 e. The summed E-state index contributed by atoms with van der Waals surface area (Å²) >= 11 is 12.4. The maximum absolute atomic E-state index is 6.25. The molecule has 1 unspecified atom stereocenters. The Labute approximate surface area is 127 Å². The van der Waals surface area contributed by atoms with Gasteiger partial charge in [0.05, 0.1) is 16.8 Å². The monoisotopic (exact) mass is 309 g/mol. The molecule has 3 rings (SSSR count).